The van der Waals surface area contributed by atoms with Crippen LogP contribution in [0.5, 0.6) is 5.75 Å². The fraction of sp³-hybridized carbons (Fsp3) is 0.130. The maximum atomic E-state index is 12.4. The number of hydrogen-bond acceptors (Lipinski definition) is 7. The summed E-state index contributed by atoms with van der Waals surface area (Å²) in [5, 5.41) is 5.64. The number of hydrogen-bond donors (Lipinski definition) is 1. The molecule has 3 aromatic rings. The van der Waals surface area contributed by atoms with Crippen LogP contribution in [0.2, 0.25) is 0 Å². The van der Waals surface area contributed by atoms with Crippen LogP contribution < -0.4 is 15.0 Å². The normalized spacial score (nSPS) is 15.8. The Balaban J connectivity index is 1.56. The second-order valence-electron chi connectivity index (χ2n) is 6.88. The molecule has 32 heavy (non-hydrogen) atoms. The molecule has 0 radical (unpaired) electrons. The third-order valence-electron chi connectivity index (χ3n) is 4.61. The van der Waals surface area contributed by atoms with Crippen LogP contribution >= 0.6 is 23.1 Å². The van der Waals surface area contributed by atoms with Gasteiger partial charge < -0.3 is 10.1 Å². The van der Waals surface area contributed by atoms with E-state index in [-0.39, 0.29) is 11.8 Å². The Morgan fingerprint density at radius 1 is 1.19 bits per heavy atom. The van der Waals surface area contributed by atoms with E-state index in [9.17, 15) is 9.59 Å². The molecule has 0 unspecified atom stereocenters. The molecule has 1 aliphatic heterocycles. The summed E-state index contributed by atoms with van der Waals surface area (Å²) in [7, 11) is 1.59. The van der Waals surface area contributed by atoms with Gasteiger partial charge in [-0.2, -0.15) is 0 Å². The summed E-state index contributed by atoms with van der Waals surface area (Å²) >= 11 is 2.59. The Hall–Kier alpha value is -3.43. The molecule has 1 aliphatic rings. The Bertz CT molecular complexity index is 1230. The lowest BCUT2D eigenvalue weighted by atomic mass is 10.2. The third-order valence-corrected chi connectivity index (χ3v) is 6.37. The van der Waals surface area contributed by atoms with Crippen molar-refractivity contribution in [2.24, 2.45) is 4.99 Å². The molecule has 162 valence electrons. The second-order valence-corrected chi connectivity index (χ2v) is 8.74. The SMILES string of the molecule is COc1ccc(N(C(C)=O)c2nc(/C=C3\SC(=Nc4ccccc4C)NC3=O)cs2)cc1. The number of rotatable bonds is 5. The minimum Gasteiger partial charge on any atom is -0.497 e. The van der Waals surface area contributed by atoms with Crippen molar-refractivity contribution >= 4 is 62.7 Å². The van der Waals surface area contributed by atoms with Gasteiger partial charge in [0.1, 0.15) is 5.75 Å². The fourth-order valence-electron chi connectivity index (χ4n) is 3.02. The number of ether oxygens (including phenoxy) is 1. The zero-order valence-electron chi connectivity index (χ0n) is 17.7. The lowest BCUT2D eigenvalue weighted by molar-refractivity contribution is -0.116. The monoisotopic (exact) mass is 464 g/mol. The third kappa shape index (κ3) is 4.74. The van der Waals surface area contributed by atoms with Crippen LogP contribution in [0.15, 0.2) is 63.8 Å². The van der Waals surface area contributed by atoms with Gasteiger partial charge in [-0.1, -0.05) is 18.2 Å². The van der Waals surface area contributed by atoms with Crippen LogP contribution in [0.25, 0.3) is 6.08 Å². The minimum atomic E-state index is -0.226. The van der Waals surface area contributed by atoms with Crippen molar-refractivity contribution in [2.75, 3.05) is 12.0 Å². The molecule has 1 aromatic heterocycles. The molecule has 7 nitrogen and oxygen atoms in total. The van der Waals surface area contributed by atoms with Gasteiger partial charge in [0.2, 0.25) is 5.91 Å². The number of nitrogens with zero attached hydrogens (tertiary/aromatic N) is 3. The van der Waals surface area contributed by atoms with Gasteiger partial charge in [-0.3, -0.25) is 14.5 Å². The van der Waals surface area contributed by atoms with Crippen molar-refractivity contribution in [3.63, 3.8) is 0 Å². The van der Waals surface area contributed by atoms with E-state index in [2.05, 4.69) is 15.3 Å². The van der Waals surface area contributed by atoms with E-state index in [4.69, 9.17) is 4.74 Å². The summed E-state index contributed by atoms with van der Waals surface area (Å²) in [6.45, 7) is 3.45. The predicted molar refractivity (Wildman–Crippen MR) is 130 cm³/mol. The Morgan fingerprint density at radius 3 is 2.62 bits per heavy atom. The van der Waals surface area contributed by atoms with Gasteiger partial charge in [-0.25, -0.2) is 9.98 Å². The highest BCUT2D eigenvalue weighted by Gasteiger charge is 2.25. The largest absolute Gasteiger partial charge is 0.497 e. The first-order valence-electron chi connectivity index (χ1n) is 9.70. The Kier molecular flexibility index (Phi) is 6.38. The Labute approximate surface area is 193 Å². The number of aryl methyl sites for hydroxylation is 1. The first-order valence-corrected chi connectivity index (χ1v) is 11.4. The summed E-state index contributed by atoms with van der Waals surface area (Å²) < 4.78 is 5.18. The van der Waals surface area contributed by atoms with Gasteiger partial charge in [0.05, 0.1) is 29.1 Å². The molecule has 4 rings (SSSR count). The summed E-state index contributed by atoms with van der Waals surface area (Å²) in [6.07, 6.45) is 1.70. The summed E-state index contributed by atoms with van der Waals surface area (Å²) in [5.41, 5.74) is 3.12. The van der Waals surface area contributed by atoms with E-state index in [1.807, 2.05) is 36.6 Å². The molecular formula is C23H20N4O3S2. The zero-order valence-corrected chi connectivity index (χ0v) is 19.3. The standard InChI is InChI=1S/C23H20N4O3S2/c1-14-6-4-5-7-19(14)25-22-26-21(29)20(32-22)12-16-13-31-23(24-16)27(15(2)28)17-8-10-18(30-3)11-9-17/h4-13H,1-3H3,(H,25,26,29)/b20-12-. The van der Waals surface area contributed by atoms with Crippen molar-refractivity contribution in [3.05, 3.63) is 70.1 Å². The van der Waals surface area contributed by atoms with Gasteiger partial charge >= 0.3 is 0 Å². The van der Waals surface area contributed by atoms with Crippen LogP contribution in [0.4, 0.5) is 16.5 Å². The highest BCUT2D eigenvalue weighted by atomic mass is 32.2. The Morgan fingerprint density at radius 2 is 1.94 bits per heavy atom. The molecule has 1 N–H and O–H groups in total. The van der Waals surface area contributed by atoms with Gasteiger partial charge in [0, 0.05) is 12.3 Å². The number of aliphatic imine (C=N–C) groups is 1. The highest BCUT2D eigenvalue weighted by molar-refractivity contribution is 8.18. The van der Waals surface area contributed by atoms with E-state index in [0.29, 0.717) is 32.3 Å². The number of anilines is 2. The van der Waals surface area contributed by atoms with Crippen molar-refractivity contribution in [2.45, 2.75) is 13.8 Å². The molecule has 2 heterocycles. The number of thiazole rings is 1. The molecule has 2 amide bonds. The number of methoxy groups -OCH3 is 1. The first-order chi connectivity index (χ1) is 15.4. The number of amides is 2. The van der Waals surface area contributed by atoms with Gasteiger partial charge in [0.15, 0.2) is 10.3 Å². The van der Waals surface area contributed by atoms with Gasteiger partial charge in [-0.15, -0.1) is 11.3 Å². The van der Waals surface area contributed by atoms with Crippen LogP contribution in [0.3, 0.4) is 0 Å². The molecule has 0 saturated carbocycles. The van der Waals surface area contributed by atoms with Crippen LogP contribution in [0, 0.1) is 6.92 Å². The molecule has 1 fully saturated rings. The number of benzene rings is 2. The number of thioether (sulfide) groups is 1. The summed E-state index contributed by atoms with van der Waals surface area (Å²) in [5.74, 6) is 0.314. The topological polar surface area (TPSA) is 83.9 Å². The van der Waals surface area contributed by atoms with Gasteiger partial charge in [-0.05, 0) is 60.7 Å². The fourth-order valence-corrected chi connectivity index (χ4v) is 4.68. The average Bonchev–Trinajstić information content (AvgIpc) is 3.37. The van der Waals surface area contributed by atoms with Crippen LogP contribution in [-0.4, -0.2) is 29.1 Å². The molecule has 2 aromatic carbocycles. The summed E-state index contributed by atoms with van der Waals surface area (Å²) in [4.78, 5) is 35.8. The molecular weight excluding hydrogens is 444 g/mol. The molecule has 0 atom stereocenters. The maximum Gasteiger partial charge on any atom is 0.264 e. The molecule has 9 heteroatoms. The van der Waals surface area contributed by atoms with E-state index in [1.54, 1.807) is 37.5 Å². The highest BCUT2D eigenvalue weighted by Crippen LogP contribution is 2.33. The molecule has 0 aliphatic carbocycles. The van der Waals surface area contributed by atoms with E-state index < -0.39 is 0 Å². The van der Waals surface area contributed by atoms with Crippen molar-refractivity contribution in [1.82, 2.24) is 10.3 Å². The van der Waals surface area contributed by atoms with Crippen molar-refractivity contribution in [3.8, 4) is 5.75 Å². The van der Waals surface area contributed by atoms with Crippen LogP contribution in [-0.2, 0) is 9.59 Å². The quantitative estimate of drug-likeness (QED) is 0.535. The number of amidine groups is 1. The molecule has 0 bridgehead atoms. The lowest BCUT2D eigenvalue weighted by Gasteiger charge is -2.18. The smallest absolute Gasteiger partial charge is 0.264 e. The number of para-hydroxylation sites is 1. The van der Waals surface area contributed by atoms with Crippen molar-refractivity contribution in [1.29, 1.82) is 0 Å². The summed E-state index contributed by atoms with van der Waals surface area (Å²) in [6, 6.07) is 14.9. The predicted octanol–water partition coefficient (Wildman–Crippen LogP) is 5.04. The number of carbonyl (C=O) groups excluding carboxylic acids is 2. The molecule has 0 spiro atoms. The van der Waals surface area contributed by atoms with E-state index in [1.165, 1.54) is 34.9 Å². The van der Waals surface area contributed by atoms with Crippen molar-refractivity contribution < 1.29 is 14.3 Å². The first kappa shape index (κ1) is 21.8. The maximum absolute atomic E-state index is 12.4. The zero-order chi connectivity index (χ0) is 22.7. The van der Waals surface area contributed by atoms with Gasteiger partial charge in [0.25, 0.3) is 5.91 Å². The van der Waals surface area contributed by atoms with E-state index in [0.717, 1.165) is 11.3 Å². The second kappa shape index (κ2) is 9.37. The number of nitrogens with one attached hydrogen (secondary N) is 1. The lowest BCUT2D eigenvalue weighted by Crippen LogP contribution is -2.22. The minimum absolute atomic E-state index is 0.163. The number of aromatic nitrogens is 1. The average molecular weight is 465 g/mol. The van der Waals surface area contributed by atoms with Crippen LogP contribution in [0.1, 0.15) is 18.2 Å². The number of carbonyl (C=O) groups is 2. The van der Waals surface area contributed by atoms with E-state index >= 15 is 0 Å². The molecule has 1 saturated heterocycles.